The van der Waals surface area contributed by atoms with E-state index in [4.69, 9.17) is 5.73 Å². The highest BCUT2D eigenvalue weighted by atomic mass is 32.2. The van der Waals surface area contributed by atoms with Crippen LogP contribution in [0.1, 0.15) is 26.3 Å². The van der Waals surface area contributed by atoms with E-state index < -0.39 is 36.6 Å². The molecular formula is C13H16FN3O4S. The van der Waals surface area contributed by atoms with Crippen LogP contribution in [0.2, 0.25) is 0 Å². The molecule has 2 rings (SSSR count). The van der Waals surface area contributed by atoms with Gasteiger partial charge in [0.2, 0.25) is 0 Å². The Balaban J connectivity index is 2.70. The Morgan fingerprint density at radius 3 is 2.45 bits per heavy atom. The number of nitro benzene ring substituents is 1. The number of nitrogens with zero attached hydrogens (tertiary/aromatic N) is 2. The van der Waals surface area contributed by atoms with Crippen LogP contribution in [-0.2, 0) is 15.4 Å². The van der Waals surface area contributed by atoms with Crippen molar-refractivity contribution in [3.63, 3.8) is 0 Å². The van der Waals surface area contributed by atoms with E-state index in [-0.39, 0.29) is 17.1 Å². The van der Waals surface area contributed by atoms with Crippen molar-refractivity contribution in [2.45, 2.75) is 31.1 Å². The zero-order chi connectivity index (χ0) is 16.9. The summed E-state index contributed by atoms with van der Waals surface area (Å²) >= 11 is 0. The summed E-state index contributed by atoms with van der Waals surface area (Å²) in [5.41, 5.74) is 3.76. The second-order valence-corrected chi connectivity index (χ2v) is 8.50. The lowest BCUT2D eigenvalue weighted by Gasteiger charge is -2.37. The molecule has 9 heteroatoms. The van der Waals surface area contributed by atoms with E-state index >= 15 is 0 Å². The van der Waals surface area contributed by atoms with Gasteiger partial charge in [0, 0.05) is 17.7 Å². The first kappa shape index (κ1) is 16.3. The van der Waals surface area contributed by atoms with E-state index in [9.17, 15) is 22.9 Å². The van der Waals surface area contributed by atoms with Crippen molar-refractivity contribution in [2.75, 3.05) is 5.75 Å². The number of hydrogen-bond donors (Lipinski definition) is 1. The summed E-state index contributed by atoms with van der Waals surface area (Å²) in [6.45, 7) is 4.24. The van der Waals surface area contributed by atoms with Crippen LogP contribution in [0.3, 0.4) is 0 Å². The van der Waals surface area contributed by atoms with Crippen LogP contribution in [-0.4, -0.2) is 29.7 Å². The van der Waals surface area contributed by atoms with Crippen LogP contribution in [0, 0.1) is 15.9 Å². The molecule has 22 heavy (non-hydrogen) atoms. The predicted octanol–water partition coefficient (Wildman–Crippen LogP) is 1.51. The number of amidine groups is 1. The molecule has 1 heterocycles. The molecule has 0 saturated carbocycles. The topological polar surface area (TPSA) is 116 Å². The molecule has 0 saturated heterocycles. The van der Waals surface area contributed by atoms with E-state index in [2.05, 4.69) is 4.99 Å². The first-order valence-corrected chi connectivity index (χ1v) is 8.08. The van der Waals surface area contributed by atoms with Gasteiger partial charge in [0.15, 0.2) is 9.84 Å². The van der Waals surface area contributed by atoms with Crippen molar-refractivity contribution in [3.05, 3.63) is 39.7 Å². The van der Waals surface area contributed by atoms with E-state index in [1.54, 1.807) is 0 Å². The molecule has 0 fully saturated rings. The minimum atomic E-state index is -3.71. The Morgan fingerprint density at radius 1 is 1.36 bits per heavy atom. The molecule has 0 unspecified atom stereocenters. The quantitative estimate of drug-likeness (QED) is 0.652. The Bertz CT molecular complexity index is 788. The molecule has 0 radical (unpaired) electrons. The average Bonchev–Trinajstić information content (AvgIpc) is 2.36. The minimum Gasteiger partial charge on any atom is -0.386 e. The second-order valence-electron chi connectivity index (χ2n) is 5.96. The standard InChI is InChI=1S/C13H16FN3O4S/c1-12(2)11(15)16-13(3,7-22(12,20)21)9-6-8(17(18)19)4-5-10(9)14/h4-6H,7H2,1-3H3,(H2,15,16)/t13-/m0/s1. The van der Waals surface area contributed by atoms with Crippen molar-refractivity contribution >= 4 is 21.4 Å². The average molecular weight is 329 g/mol. The summed E-state index contributed by atoms with van der Waals surface area (Å²) in [5.74, 6) is -1.39. The maximum atomic E-state index is 14.1. The Morgan fingerprint density at radius 2 is 1.95 bits per heavy atom. The zero-order valence-electron chi connectivity index (χ0n) is 12.3. The third kappa shape index (κ3) is 2.35. The van der Waals surface area contributed by atoms with E-state index in [1.165, 1.54) is 20.8 Å². The number of aliphatic imine (C=N–C) groups is 1. The van der Waals surface area contributed by atoms with Gasteiger partial charge in [-0.25, -0.2) is 12.8 Å². The van der Waals surface area contributed by atoms with Gasteiger partial charge in [-0.2, -0.15) is 0 Å². The lowest BCUT2D eigenvalue weighted by molar-refractivity contribution is -0.385. The maximum absolute atomic E-state index is 14.1. The van der Waals surface area contributed by atoms with Gasteiger partial charge < -0.3 is 5.73 Å². The van der Waals surface area contributed by atoms with Crippen molar-refractivity contribution in [1.29, 1.82) is 0 Å². The summed E-state index contributed by atoms with van der Waals surface area (Å²) < 4.78 is 37.6. The number of halogens is 1. The van der Waals surface area contributed by atoms with Gasteiger partial charge in [0.1, 0.15) is 21.9 Å². The Labute approximate surface area is 127 Å². The molecule has 1 aromatic carbocycles. The molecule has 0 amide bonds. The number of rotatable bonds is 2. The van der Waals surface area contributed by atoms with Crippen LogP contribution in [0.15, 0.2) is 23.2 Å². The lowest BCUT2D eigenvalue weighted by atomic mass is 9.93. The number of nitrogens with two attached hydrogens (primary N) is 1. The number of hydrogen-bond acceptors (Lipinski definition) is 6. The summed E-state index contributed by atoms with van der Waals surface area (Å²) in [6.07, 6.45) is 0. The lowest BCUT2D eigenvalue weighted by Crippen LogP contribution is -2.54. The molecule has 1 atom stereocenters. The molecule has 0 bridgehead atoms. The summed E-state index contributed by atoms with van der Waals surface area (Å²) in [4.78, 5) is 14.3. The van der Waals surface area contributed by atoms with Gasteiger partial charge in [-0.05, 0) is 26.8 Å². The van der Waals surface area contributed by atoms with Gasteiger partial charge >= 0.3 is 0 Å². The maximum Gasteiger partial charge on any atom is 0.270 e. The molecule has 0 aliphatic carbocycles. The predicted molar refractivity (Wildman–Crippen MR) is 79.9 cm³/mol. The van der Waals surface area contributed by atoms with Gasteiger partial charge in [-0.15, -0.1) is 0 Å². The molecule has 1 aliphatic rings. The van der Waals surface area contributed by atoms with E-state index in [1.807, 2.05) is 0 Å². The minimum absolute atomic E-state index is 0.146. The SMILES string of the molecule is CC1(C)C(N)=N[C@](C)(c2cc([N+](=O)[O-])ccc2F)CS1(=O)=O. The molecule has 7 nitrogen and oxygen atoms in total. The van der Waals surface area contributed by atoms with Crippen LogP contribution in [0.4, 0.5) is 10.1 Å². The second kappa shape index (κ2) is 4.73. The largest absolute Gasteiger partial charge is 0.386 e. The third-order valence-electron chi connectivity index (χ3n) is 3.97. The van der Waals surface area contributed by atoms with E-state index in [0.29, 0.717) is 0 Å². The number of non-ortho nitro benzene ring substituents is 1. The van der Waals surface area contributed by atoms with Gasteiger partial charge in [-0.3, -0.25) is 15.1 Å². The summed E-state index contributed by atoms with van der Waals surface area (Å²) in [5, 5.41) is 10.9. The Hall–Kier alpha value is -2.03. The molecule has 0 spiro atoms. The smallest absolute Gasteiger partial charge is 0.270 e. The molecule has 0 aromatic heterocycles. The molecule has 1 aromatic rings. The van der Waals surface area contributed by atoms with Crippen LogP contribution >= 0.6 is 0 Å². The number of benzene rings is 1. The van der Waals surface area contributed by atoms with E-state index in [0.717, 1.165) is 18.2 Å². The fourth-order valence-electron chi connectivity index (χ4n) is 2.32. The van der Waals surface area contributed by atoms with Crippen molar-refractivity contribution in [3.8, 4) is 0 Å². The van der Waals surface area contributed by atoms with Crippen LogP contribution in [0.5, 0.6) is 0 Å². The van der Waals surface area contributed by atoms with Gasteiger partial charge in [-0.1, -0.05) is 0 Å². The summed E-state index contributed by atoms with van der Waals surface area (Å²) in [7, 11) is -3.71. The van der Waals surface area contributed by atoms with Crippen molar-refractivity contribution in [1.82, 2.24) is 0 Å². The highest BCUT2D eigenvalue weighted by Crippen LogP contribution is 2.38. The molecule has 1 aliphatic heterocycles. The highest BCUT2D eigenvalue weighted by Gasteiger charge is 2.49. The highest BCUT2D eigenvalue weighted by molar-refractivity contribution is 7.93. The van der Waals surface area contributed by atoms with Crippen molar-refractivity contribution in [2.24, 2.45) is 10.7 Å². The van der Waals surface area contributed by atoms with Crippen molar-refractivity contribution < 1.29 is 17.7 Å². The molecule has 2 N–H and O–H groups in total. The normalized spacial score (nSPS) is 26.3. The summed E-state index contributed by atoms with van der Waals surface area (Å²) in [6, 6.07) is 2.94. The van der Waals surface area contributed by atoms with Gasteiger partial charge in [0.25, 0.3) is 5.69 Å². The van der Waals surface area contributed by atoms with Crippen LogP contribution < -0.4 is 5.73 Å². The van der Waals surface area contributed by atoms with Crippen LogP contribution in [0.25, 0.3) is 0 Å². The zero-order valence-corrected chi connectivity index (χ0v) is 13.1. The fraction of sp³-hybridized carbons (Fsp3) is 0.462. The molecule has 120 valence electrons. The first-order chi connectivity index (χ1) is 9.91. The first-order valence-electron chi connectivity index (χ1n) is 6.43. The third-order valence-corrected chi connectivity index (χ3v) is 6.68. The van der Waals surface area contributed by atoms with Gasteiger partial charge in [0.05, 0.1) is 10.7 Å². The monoisotopic (exact) mass is 329 g/mol. The fourth-order valence-corrected chi connectivity index (χ4v) is 4.01. The number of nitro groups is 1. The molecular weight excluding hydrogens is 313 g/mol. The Kier molecular flexibility index (Phi) is 3.52. The number of sulfone groups is 1.